The first-order chi connectivity index (χ1) is 8.99. The van der Waals surface area contributed by atoms with Crippen LogP contribution in [-0.2, 0) is 19.9 Å². The molecule has 3 atom stereocenters. The maximum absolute atomic E-state index is 11.3. The fourth-order valence-corrected chi connectivity index (χ4v) is 2.59. The smallest absolute Gasteiger partial charge is 0.303 e. The number of carbonyl (C=O) groups excluding carboxylic acids is 1. The third-order valence-corrected chi connectivity index (χ3v) is 3.55. The lowest BCUT2D eigenvalue weighted by Gasteiger charge is -2.45. The van der Waals surface area contributed by atoms with E-state index in [-0.39, 0.29) is 5.97 Å². The molecule has 0 N–H and O–H groups in total. The maximum atomic E-state index is 11.3. The van der Waals surface area contributed by atoms with Crippen molar-refractivity contribution in [2.24, 2.45) is 0 Å². The monoisotopic (exact) mass is 260 g/mol. The second-order valence-corrected chi connectivity index (χ2v) is 5.13. The van der Waals surface area contributed by atoms with Crippen LogP contribution in [0, 0.1) is 6.92 Å². The fraction of sp³-hybridized carbons (Fsp3) is 0.400. The fourth-order valence-electron chi connectivity index (χ4n) is 2.59. The van der Waals surface area contributed by atoms with Crippen LogP contribution < -0.4 is 4.74 Å². The van der Waals surface area contributed by atoms with Gasteiger partial charge in [0.25, 0.3) is 0 Å². The topological polar surface area (TPSA) is 44.8 Å². The van der Waals surface area contributed by atoms with Crippen molar-refractivity contribution >= 4 is 5.97 Å². The van der Waals surface area contributed by atoms with Gasteiger partial charge in [0.1, 0.15) is 11.4 Å². The molecule has 4 heteroatoms. The third kappa shape index (κ3) is 1.92. The molecule has 0 saturated carbocycles. The standard InChI is InChI=1S/C15H16O4/c1-9-4-5-12-11(8-9)15(3)13(17-10(2)16)6-7-14(18-12)19-15/h4-8,13-14H,1-3H3/t13-,14-,15+/m0/s1. The van der Waals surface area contributed by atoms with E-state index in [4.69, 9.17) is 14.2 Å². The van der Waals surface area contributed by atoms with Gasteiger partial charge in [0.15, 0.2) is 6.10 Å². The molecule has 2 aliphatic rings. The predicted octanol–water partition coefficient (Wildman–Crippen LogP) is 2.45. The summed E-state index contributed by atoms with van der Waals surface area (Å²) < 4.78 is 17.0. The number of aryl methyl sites for hydroxylation is 1. The van der Waals surface area contributed by atoms with Gasteiger partial charge in [0, 0.05) is 12.5 Å². The summed E-state index contributed by atoms with van der Waals surface area (Å²) in [6.07, 6.45) is 2.75. The van der Waals surface area contributed by atoms with Crippen molar-refractivity contribution in [2.75, 3.05) is 0 Å². The first-order valence-corrected chi connectivity index (χ1v) is 6.30. The Labute approximate surface area is 112 Å². The molecule has 0 saturated heterocycles. The summed E-state index contributed by atoms with van der Waals surface area (Å²) in [6.45, 7) is 5.34. The van der Waals surface area contributed by atoms with E-state index in [9.17, 15) is 4.79 Å². The molecule has 0 aromatic heterocycles. The first kappa shape index (κ1) is 12.2. The lowest BCUT2D eigenvalue weighted by Crippen LogP contribution is -2.50. The van der Waals surface area contributed by atoms with Crippen LogP contribution in [0.4, 0.5) is 0 Å². The van der Waals surface area contributed by atoms with Crippen LogP contribution in [0.1, 0.15) is 25.0 Å². The molecule has 4 nitrogen and oxygen atoms in total. The van der Waals surface area contributed by atoms with Gasteiger partial charge in [-0.15, -0.1) is 0 Å². The zero-order valence-corrected chi connectivity index (χ0v) is 11.2. The molecule has 0 amide bonds. The van der Waals surface area contributed by atoms with Gasteiger partial charge in [-0.3, -0.25) is 4.79 Å². The Morgan fingerprint density at radius 2 is 2.16 bits per heavy atom. The van der Waals surface area contributed by atoms with Gasteiger partial charge < -0.3 is 14.2 Å². The highest BCUT2D eigenvalue weighted by Gasteiger charge is 2.48. The summed E-state index contributed by atoms with van der Waals surface area (Å²) in [5.41, 5.74) is 1.33. The van der Waals surface area contributed by atoms with Crippen LogP contribution in [0.5, 0.6) is 5.75 Å². The minimum atomic E-state index is -0.704. The van der Waals surface area contributed by atoms with Crippen LogP contribution in [0.15, 0.2) is 30.4 Å². The van der Waals surface area contributed by atoms with Gasteiger partial charge in [-0.1, -0.05) is 11.6 Å². The normalized spacial score (nSPS) is 31.3. The van der Waals surface area contributed by atoms with Crippen LogP contribution in [-0.4, -0.2) is 18.4 Å². The number of ether oxygens (including phenoxy) is 3. The molecule has 0 fully saturated rings. The molecule has 0 aliphatic carbocycles. The van der Waals surface area contributed by atoms with Gasteiger partial charge in [-0.2, -0.15) is 0 Å². The van der Waals surface area contributed by atoms with E-state index in [1.165, 1.54) is 6.92 Å². The minimum absolute atomic E-state index is 0.321. The summed E-state index contributed by atoms with van der Waals surface area (Å²) in [6, 6.07) is 5.94. The molecule has 19 heavy (non-hydrogen) atoms. The van der Waals surface area contributed by atoms with E-state index in [0.29, 0.717) is 0 Å². The van der Waals surface area contributed by atoms with E-state index < -0.39 is 18.0 Å². The summed E-state index contributed by atoms with van der Waals surface area (Å²) in [4.78, 5) is 11.3. The summed E-state index contributed by atoms with van der Waals surface area (Å²) in [5.74, 6) is 0.462. The molecule has 3 rings (SSSR count). The van der Waals surface area contributed by atoms with E-state index in [1.807, 2.05) is 38.1 Å². The summed E-state index contributed by atoms with van der Waals surface area (Å²) in [5, 5.41) is 0. The van der Waals surface area contributed by atoms with Gasteiger partial charge in [0.2, 0.25) is 6.29 Å². The van der Waals surface area contributed by atoms with Crippen molar-refractivity contribution in [3.63, 3.8) is 0 Å². The lowest BCUT2D eigenvalue weighted by molar-refractivity contribution is -0.217. The highest BCUT2D eigenvalue weighted by atomic mass is 16.7. The van der Waals surface area contributed by atoms with E-state index >= 15 is 0 Å². The first-order valence-electron chi connectivity index (χ1n) is 6.30. The molecule has 0 unspecified atom stereocenters. The zero-order valence-electron chi connectivity index (χ0n) is 11.2. The van der Waals surface area contributed by atoms with Gasteiger partial charge in [-0.25, -0.2) is 0 Å². The number of carbonyl (C=O) groups is 1. The van der Waals surface area contributed by atoms with Gasteiger partial charge >= 0.3 is 5.97 Å². The Morgan fingerprint density at radius 3 is 2.89 bits per heavy atom. The van der Waals surface area contributed by atoms with Gasteiger partial charge in [0.05, 0.1) is 0 Å². The molecule has 2 aliphatic heterocycles. The van der Waals surface area contributed by atoms with Crippen molar-refractivity contribution in [1.29, 1.82) is 0 Å². The molecular weight excluding hydrogens is 244 g/mol. The predicted molar refractivity (Wildman–Crippen MR) is 68.7 cm³/mol. The summed E-state index contributed by atoms with van der Waals surface area (Å²) in [7, 11) is 0. The van der Waals surface area contributed by atoms with Gasteiger partial charge in [-0.05, 0) is 38.1 Å². The molecule has 2 bridgehead atoms. The van der Waals surface area contributed by atoms with E-state index in [0.717, 1.165) is 16.9 Å². The Morgan fingerprint density at radius 1 is 1.37 bits per heavy atom. The van der Waals surface area contributed by atoms with E-state index in [2.05, 4.69) is 0 Å². The van der Waals surface area contributed by atoms with Crippen molar-refractivity contribution in [3.05, 3.63) is 41.5 Å². The molecule has 1 aromatic carbocycles. The Kier molecular flexibility index (Phi) is 2.64. The number of esters is 1. The van der Waals surface area contributed by atoms with Crippen molar-refractivity contribution < 1.29 is 19.0 Å². The lowest BCUT2D eigenvalue weighted by atomic mass is 9.85. The summed E-state index contributed by atoms with van der Waals surface area (Å²) >= 11 is 0. The number of hydrogen-bond donors (Lipinski definition) is 0. The molecule has 0 radical (unpaired) electrons. The number of rotatable bonds is 1. The Balaban J connectivity index is 2.10. The second kappa shape index (κ2) is 4.10. The Hall–Kier alpha value is -1.81. The SMILES string of the molecule is CC(=O)O[C@H]1C=C[C@H]2Oc3ccc(C)cc3[C@@]1(C)O2. The van der Waals surface area contributed by atoms with E-state index in [1.54, 1.807) is 6.08 Å². The molecule has 1 aromatic rings. The largest absolute Gasteiger partial charge is 0.461 e. The van der Waals surface area contributed by atoms with Crippen LogP contribution in [0.3, 0.4) is 0 Å². The number of hydrogen-bond acceptors (Lipinski definition) is 4. The number of benzene rings is 1. The highest BCUT2D eigenvalue weighted by Crippen LogP contribution is 2.45. The quantitative estimate of drug-likeness (QED) is 0.574. The maximum Gasteiger partial charge on any atom is 0.303 e. The van der Waals surface area contributed by atoms with Crippen molar-refractivity contribution in [2.45, 2.75) is 38.8 Å². The average molecular weight is 260 g/mol. The second-order valence-electron chi connectivity index (χ2n) is 5.13. The van der Waals surface area contributed by atoms with Crippen LogP contribution in [0.2, 0.25) is 0 Å². The average Bonchev–Trinajstić information content (AvgIpc) is 2.34. The Bertz CT molecular complexity index is 563. The molecular formula is C15H16O4. The molecule has 100 valence electrons. The minimum Gasteiger partial charge on any atom is -0.461 e. The van der Waals surface area contributed by atoms with Crippen LogP contribution in [0.25, 0.3) is 0 Å². The number of fused-ring (bicyclic) bond motifs is 4. The van der Waals surface area contributed by atoms with Crippen LogP contribution >= 0.6 is 0 Å². The van der Waals surface area contributed by atoms with Crippen molar-refractivity contribution in [3.8, 4) is 5.75 Å². The molecule has 2 heterocycles. The highest BCUT2D eigenvalue weighted by molar-refractivity contribution is 5.66. The third-order valence-electron chi connectivity index (χ3n) is 3.55. The van der Waals surface area contributed by atoms with Crippen molar-refractivity contribution in [1.82, 2.24) is 0 Å². The zero-order chi connectivity index (χ0) is 13.6. The molecule has 0 spiro atoms.